The summed E-state index contributed by atoms with van der Waals surface area (Å²) in [6.45, 7) is 5.00. The molecule has 6 nitrogen and oxygen atoms in total. The van der Waals surface area contributed by atoms with Crippen LogP contribution >= 0.6 is 0 Å². The Labute approximate surface area is 178 Å². The monoisotopic (exact) mass is 427 g/mol. The molecular formula is C23H29N3O3S. The Morgan fingerprint density at radius 2 is 1.50 bits per heavy atom. The molecule has 2 aromatic carbocycles. The lowest BCUT2D eigenvalue weighted by Gasteiger charge is -2.28. The highest BCUT2D eigenvalue weighted by Crippen LogP contribution is 2.26. The summed E-state index contributed by atoms with van der Waals surface area (Å²) in [5.41, 5.74) is 2.87. The fourth-order valence-corrected chi connectivity index (χ4v) is 5.97. The maximum absolute atomic E-state index is 13.0. The van der Waals surface area contributed by atoms with Crippen LogP contribution in [0.1, 0.15) is 48.0 Å². The molecule has 2 saturated heterocycles. The minimum atomic E-state index is -3.57. The summed E-state index contributed by atoms with van der Waals surface area (Å²) in [5.74, 6) is -0.307. The Kier molecular flexibility index (Phi) is 6.11. The number of rotatable bonds is 5. The van der Waals surface area contributed by atoms with E-state index in [0.717, 1.165) is 25.9 Å². The molecule has 0 atom stereocenters. The number of nitrogens with one attached hydrogen (secondary N) is 1. The summed E-state index contributed by atoms with van der Waals surface area (Å²) in [5, 5.41) is 2.89. The minimum absolute atomic E-state index is 0.220. The maximum Gasteiger partial charge on any atom is 0.255 e. The highest BCUT2D eigenvalue weighted by Gasteiger charge is 2.29. The number of anilines is 2. The van der Waals surface area contributed by atoms with Gasteiger partial charge in [-0.15, -0.1) is 0 Å². The zero-order chi connectivity index (χ0) is 21.1. The van der Waals surface area contributed by atoms with Gasteiger partial charge >= 0.3 is 0 Å². The lowest BCUT2D eigenvalue weighted by Crippen LogP contribution is -2.29. The predicted octanol–water partition coefficient (Wildman–Crippen LogP) is 4.02. The van der Waals surface area contributed by atoms with Crippen molar-refractivity contribution in [1.29, 1.82) is 0 Å². The zero-order valence-electron chi connectivity index (χ0n) is 17.4. The van der Waals surface area contributed by atoms with E-state index in [4.69, 9.17) is 0 Å². The summed E-state index contributed by atoms with van der Waals surface area (Å²) in [6, 6.07) is 12.7. The molecule has 2 aromatic rings. The van der Waals surface area contributed by atoms with Crippen molar-refractivity contribution in [2.45, 2.75) is 43.9 Å². The van der Waals surface area contributed by atoms with Crippen molar-refractivity contribution in [2.24, 2.45) is 0 Å². The number of hydrogen-bond donors (Lipinski definition) is 1. The molecule has 1 amide bonds. The molecule has 0 aliphatic carbocycles. The van der Waals surface area contributed by atoms with Gasteiger partial charge in [-0.2, -0.15) is 4.31 Å². The van der Waals surface area contributed by atoms with E-state index in [9.17, 15) is 13.2 Å². The Bertz CT molecular complexity index is 1010. The third-order valence-corrected chi connectivity index (χ3v) is 8.02. The highest BCUT2D eigenvalue weighted by molar-refractivity contribution is 7.89. The molecule has 30 heavy (non-hydrogen) atoms. The van der Waals surface area contributed by atoms with E-state index in [1.165, 1.54) is 35.3 Å². The molecule has 0 aromatic heterocycles. The number of piperidine rings is 1. The molecule has 2 aliphatic heterocycles. The first-order valence-corrected chi connectivity index (χ1v) is 12.2. The molecule has 2 heterocycles. The molecule has 0 saturated carbocycles. The molecule has 2 aliphatic rings. The molecule has 2 fully saturated rings. The van der Waals surface area contributed by atoms with E-state index in [-0.39, 0.29) is 10.8 Å². The van der Waals surface area contributed by atoms with E-state index in [0.29, 0.717) is 29.9 Å². The lowest BCUT2D eigenvalue weighted by atomic mass is 10.1. The van der Waals surface area contributed by atoms with Crippen molar-refractivity contribution in [1.82, 2.24) is 4.31 Å². The number of nitrogens with zero attached hydrogens (tertiary/aromatic N) is 2. The Hall–Kier alpha value is -2.38. The number of sulfonamides is 1. The molecule has 0 unspecified atom stereocenters. The van der Waals surface area contributed by atoms with E-state index in [1.54, 1.807) is 19.1 Å². The summed E-state index contributed by atoms with van der Waals surface area (Å²) >= 11 is 0. The molecule has 0 spiro atoms. The van der Waals surface area contributed by atoms with Gasteiger partial charge in [0.05, 0.1) is 4.90 Å². The molecule has 7 heteroatoms. The van der Waals surface area contributed by atoms with Crippen LogP contribution in [0.3, 0.4) is 0 Å². The summed E-state index contributed by atoms with van der Waals surface area (Å²) in [4.78, 5) is 15.4. The second kappa shape index (κ2) is 8.78. The average molecular weight is 428 g/mol. The van der Waals surface area contributed by atoms with E-state index in [1.807, 2.05) is 24.3 Å². The summed E-state index contributed by atoms with van der Waals surface area (Å²) < 4.78 is 27.4. The van der Waals surface area contributed by atoms with Gasteiger partial charge in [0.15, 0.2) is 0 Å². The standard InChI is InChI=1S/C23H29N3O3S/c1-18-7-8-19(17-22(18)30(28,29)26-15-5-6-16-26)23(27)24-20-9-11-21(12-10-20)25-13-3-2-4-14-25/h7-12,17H,2-6,13-16H2,1H3,(H,24,27). The van der Waals surface area contributed by atoms with E-state index in [2.05, 4.69) is 10.2 Å². The topological polar surface area (TPSA) is 69.7 Å². The van der Waals surface area contributed by atoms with Gasteiger partial charge in [-0.25, -0.2) is 8.42 Å². The van der Waals surface area contributed by atoms with Gasteiger partial charge < -0.3 is 10.2 Å². The molecule has 160 valence electrons. The zero-order valence-corrected chi connectivity index (χ0v) is 18.2. The van der Waals surface area contributed by atoms with Crippen molar-refractivity contribution < 1.29 is 13.2 Å². The van der Waals surface area contributed by atoms with E-state index < -0.39 is 10.0 Å². The van der Waals surface area contributed by atoms with Gasteiger partial charge in [-0.1, -0.05) is 6.07 Å². The van der Waals surface area contributed by atoms with Gasteiger partial charge in [0, 0.05) is 43.1 Å². The van der Waals surface area contributed by atoms with Crippen molar-refractivity contribution in [3.05, 3.63) is 53.6 Å². The maximum atomic E-state index is 13.0. The number of hydrogen-bond acceptors (Lipinski definition) is 4. The van der Waals surface area contributed by atoms with Crippen LogP contribution in [0.2, 0.25) is 0 Å². The smallest absolute Gasteiger partial charge is 0.255 e. The second-order valence-electron chi connectivity index (χ2n) is 8.14. The van der Waals surface area contributed by atoms with Crippen LogP contribution in [0.15, 0.2) is 47.4 Å². The van der Waals surface area contributed by atoms with Gasteiger partial charge in [-0.3, -0.25) is 4.79 Å². The van der Waals surface area contributed by atoms with Crippen LogP contribution in [0.25, 0.3) is 0 Å². The number of aryl methyl sites for hydroxylation is 1. The van der Waals surface area contributed by atoms with Crippen LogP contribution in [-0.2, 0) is 10.0 Å². The molecule has 1 N–H and O–H groups in total. The fraction of sp³-hybridized carbons (Fsp3) is 0.435. The SMILES string of the molecule is Cc1ccc(C(=O)Nc2ccc(N3CCCCC3)cc2)cc1S(=O)(=O)N1CCCC1. The van der Waals surface area contributed by atoms with Crippen molar-refractivity contribution in [3.8, 4) is 0 Å². The summed E-state index contributed by atoms with van der Waals surface area (Å²) in [6.07, 6.45) is 5.48. The van der Waals surface area contributed by atoms with Gasteiger partial charge in [0.1, 0.15) is 0 Å². The van der Waals surface area contributed by atoms with Crippen LogP contribution < -0.4 is 10.2 Å². The first-order chi connectivity index (χ1) is 14.4. The predicted molar refractivity (Wildman–Crippen MR) is 120 cm³/mol. The van der Waals surface area contributed by atoms with Gasteiger partial charge in [-0.05, 0) is 81.0 Å². The van der Waals surface area contributed by atoms with E-state index >= 15 is 0 Å². The highest BCUT2D eigenvalue weighted by atomic mass is 32.2. The molecular weight excluding hydrogens is 398 g/mol. The molecule has 0 bridgehead atoms. The number of carbonyl (C=O) groups is 1. The Morgan fingerprint density at radius 3 is 2.17 bits per heavy atom. The molecule has 4 rings (SSSR count). The summed E-state index contributed by atoms with van der Waals surface area (Å²) in [7, 11) is -3.57. The van der Waals surface area contributed by atoms with Crippen LogP contribution in [0.5, 0.6) is 0 Å². The third kappa shape index (κ3) is 4.37. The van der Waals surface area contributed by atoms with Crippen LogP contribution in [0, 0.1) is 6.92 Å². The fourth-order valence-electron chi connectivity index (χ4n) is 4.20. The van der Waals surface area contributed by atoms with Crippen molar-refractivity contribution >= 4 is 27.3 Å². The third-order valence-electron chi connectivity index (χ3n) is 5.98. The first-order valence-electron chi connectivity index (χ1n) is 10.7. The Morgan fingerprint density at radius 1 is 0.867 bits per heavy atom. The van der Waals surface area contributed by atoms with Crippen LogP contribution in [0.4, 0.5) is 11.4 Å². The minimum Gasteiger partial charge on any atom is -0.372 e. The number of carbonyl (C=O) groups excluding carboxylic acids is 1. The van der Waals surface area contributed by atoms with Crippen LogP contribution in [-0.4, -0.2) is 44.8 Å². The van der Waals surface area contributed by atoms with Gasteiger partial charge in [0.2, 0.25) is 10.0 Å². The van der Waals surface area contributed by atoms with Crippen molar-refractivity contribution in [3.63, 3.8) is 0 Å². The van der Waals surface area contributed by atoms with Gasteiger partial charge in [0.25, 0.3) is 5.91 Å². The second-order valence-corrected chi connectivity index (χ2v) is 10.0. The average Bonchev–Trinajstić information content (AvgIpc) is 3.31. The quantitative estimate of drug-likeness (QED) is 0.782. The lowest BCUT2D eigenvalue weighted by molar-refractivity contribution is 0.102. The van der Waals surface area contributed by atoms with Crippen molar-refractivity contribution in [2.75, 3.05) is 36.4 Å². The Balaban J connectivity index is 1.49. The number of benzene rings is 2. The number of amides is 1. The first kappa shape index (κ1) is 20.9. The molecule has 0 radical (unpaired) electrons. The normalized spacial score (nSPS) is 17.8. The largest absolute Gasteiger partial charge is 0.372 e.